The van der Waals surface area contributed by atoms with Crippen LogP contribution in [0.25, 0.3) is 0 Å². The normalized spacial score (nSPS) is 23.4. The highest BCUT2D eigenvalue weighted by atomic mass is 16.6. The van der Waals surface area contributed by atoms with Crippen molar-refractivity contribution in [2.45, 2.75) is 24.7 Å². The second-order valence-corrected chi connectivity index (χ2v) is 10.1. The van der Waals surface area contributed by atoms with Gasteiger partial charge < -0.3 is 15.6 Å². The van der Waals surface area contributed by atoms with Gasteiger partial charge in [0.25, 0.3) is 5.69 Å². The minimum absolute atomic E-state index is 0.0988. The van der Waals surface area contributed by atoms with Gasteiger partial charge in [0.15, 0.2) is 5.54 Å². The van der Waals surface area contributed by atoms with Gasteiger partial charge in [-0.15, -0.1) is 0 Å². The number of amides is 2. The number of hydrogen-bond acceptors (Lipinski definition) is 8. The Morgan fingerprint density at radius 2 is 1.68 bits per heavy atom. The molecule has 5 N–H and O–H groups in total. The van der Waals surface area contributed by atoms with E-state index < -0.39 is 46.1 Å². The third-order valence-corrected chi connectivity index (χ3v) is 7.64. The molecule has 2 aliphatic heterocycles. The van der Waals surface area contributed by atoms with E-state index in [0.29, 0.717) is 16.7 Å². The highest BCUT2D eigenvalue weighted by molar-refractivity contribution is 6.09. The second kappa shape index (κ2) is 10.9. The van der Waals surface area contributed by atoms with Gasteiger partial charge >= 0.3 is 5.97 Å². The monoisotopic (exact) mass is 557 g/mol. The zero-order chi connectivity index (χ0) is 29.3. The molecule has 2 fully saturated rings. The molecule has 0 spiro atoms. The van der Waals surface area contributed by atoms with Crippen LogP contribution in [0.3, 0.4) is 0 Å². The van der Waals surface area contributed by atoms with Gasteiger partial charge in [0.2, 0.25) is 11.8 Å². The standard InChI is InChI=1S/C29H27N5O7/c30-25(31)20-10-8-19(9-11-20)24-22-23(29(32-24,28(37)38)16-41-15-18-4-2-1-3-5-18)27(36)33(26(22)35)14-17-6-12-21(13-7-17)34(39)40/h1-13,22-24,32H,14-16H2,(H3,30,31)(H,37,38). The molecule has 4 unspecified atom stereocenters. The number of nitro groups is 1. The Morgan fingerprint density at radius 1 is 1.02 bits per heavy atom. The molecule has 0 radical (unpaired) electrons. The Bertz CT molecular complexity index is 1510. The number of nitrogens with zero attached hydrogens (tertiary/aromatic N) is 2. The van der Waals surface area contributed by atoms with Gasteiger partial charge in [-0.3, -0.25) is 40.1 Å². The highest BCUT2D eigenvalue weighted by Crippen LogP contribution is 2.49. The number of hydrogen-bond donors (Lipinski definition) is 4. The first kappa shape index (κ1) is 27.6. The zero-order valence-electron chi connectivity index (χ0n) is 21.7. The van der Waals surface area contributed by atoms with Crippen LogP contribution >= 0.6 is 0 Å². The van der Waals surface area contributed by atoms with Crippen molar-refractivity contribution in [1.82, 2.24) is 10.2 Å². The lowest BCUT2D eigenvalue weighted by Crippen LogP contribution is -2.58. The molecule has 2 amide bonds. The van der Waals surface area contributed by atoms with Crippen LogP contribution in [-0.2, 0) is 32.3 Å². The lowest BCUT2D eigenvalue weighted by Gasteiger charge is -2.31. The summed E-state index contributed by atoms with van der Waals surface area (Å²) in [6, 6.07) is 20.2. The van der Waals surface area contributed by atoms with Crippen LogP contribution in [0.5, 0.6) is 0 Å². The van der Waals surface area contributed by atoms with Gasteiger partial charge in [0.05, 0.1) is 36.5 Å². The summed E-state index contributed by atoms with van der Waals surface area (Å²) in [7, 11) is 0. The third-order valence-electron chi connectivity index (χ3n) is 7.64. The number of carboxylic acid groups (broad SMARTS) is 1. The quantitative estimate of drug-likeness (QED) is 0.0953. The number of nitro benzene ring substituents is 1. The van der Waals surface area contributed by atoms with Gasteiger partial charge in [-0.1, -0.05) is 66.7 Å². The predicted octanol–water partition coefficient (Wildman–Crippen LogP) is 2.36. The largest absolute Gasteiger partial charge is 0.480 e. The van der Waals surface area contributed by atoms with E-state index in [1.165, 1.54) is 24.3 Å². The zero-order valence-corrected chi connectivity index (χ0v) is 21.7. The number of fused-ring (bicyclic) bond motifs is 1. The number of non-ortho nitro benzene ring substituents is 1. The maximum atomic E-state index is 13.8. The maximum Gasteiger partial charge on any atom is 0.327 e. The number of nitrogens with one attached hydrogen (secondary N) is 2. The Balaban J connectivity index is 1.49. The number of aliphatic carboxylic acids is 1. The van der Waals surface area contributed by atoms with Gasteiger partial charge in [-0.25, -0.2) is 0 Å². The summed E-state index contributed by atoms with van der Waals surface area (Å²) in [5.74, 6) is -5.04. The van der Waals surface area contributed by atoms with E-state index in [9.17, 15) is 29.6 Å². The minimum Gasteiger partial charge on any atom is -0.480 e. The molecule has 0 saturated carbocycles. The number of nitrogens with two attached hydrogens (primary N) is 1. The number of rotatable bonds is 10. The van der Waals surface area contributed by atoms with Crippen molar-refractivity contribution in [3.63, 3.8) is 0 Å². The van der Waals surface area contributed by atoms with E-state index in [2.05, 4.69) is 5.32 Å². The molecular formula is C29H27N5O7. The molecule has 2 heterocycles. The second-order valence-electron chi connectivity index (χ2n) is 10.1. The fourth-order valence-electron chi connectivity index (χ4n) is 5.58. The molecule has 3 aromatic carbocycles. The summed E-state index contributed by atoms with van der Waals surface area (Å²) >= 11 is 0. The van der Waals surface area contributed by atoms with Crippen LogP contribution in [0, 0.1) is 27.4 Å². The number of nitrogen functional groups attached to an aromatic ring is 1. The lowest BCUT2D eigenvalue weighted by atomic mass is 9.79. The van der Waals surface area contributed by atoms with E-state index in [4.69, 9.17) is 15.9 Å². The Morgan fingerprint density at radius 3 is 2.27 bits per heavy atom. The number of carbonyl (C=O) groups is 3. The number of ether oxygens (including phenoxy) is 1. The van der Waals surface area contributed by atoms with Crippen molar-refractivity contribution >= 4 is 29.3 Å². The van der Waals surface area contributed by atoms with E-state index in [-0.39, 0.29) is 31.3 Å². The molecule has 12 heteroatoms. The van der Waals surface area contributed by atoms with E-state index >= 15 is 0 Å². The summed E-state index contributed by atoms with van der Waals surface area (Å²) in [5, 5.41) is 32.3. The minimum atomic E-state index is -1.92. The summed E-state index contributed by atoms with van der Waals surface area (Å²) in [4.78, 5) is 52.1. The molecule has 0 aromatic heterocycles. The average molecular weight is 558 g/mol. The van der Waals surface area contributed by atoms with Gasteiger partial charge in [0, 0.05) is 23.7 Å². The van der Waals surface area contributed by atoms with Crippen LogP contribution in [0.1, 0.15) is 28.3 Å². The first-order valence-electron chi connectivity index (χ1n) is 12.8. The van der Waals surface area contributed by atoms with Crippen molar-refractivity contribution in [3.8, 4) is 0 Å². The van der Waals surface area contributed by atoms with E-state index in [0.717, 1.165) is 10.5 Å². The van der Waals surface area contributed by atoms with Gasteiger partial charge in [-0.2, -0.15) is 0 Å². The molecular weight excluding hydrogens is 530 g/mol. The number of likely N-dealkylation sites (tertiary alicyclic amines) is 1. The molecule has 4 atom stereocenters. The molecule has 2 aliphatic rings. The Kier molecular flexibility index (Phi) is 7.35. The number of amidine groups is 1. The molecule has 0 aliphatic carbocycles. The topological polar surface area (TPSA) is 189 Å². The third kappa shape index (κ3) is 5.06. The first-order chi connectivity index (χ1) is 19.6. The lowest BCUT2D eigenvalue weighted by molar-refractivity contribution is -0.384. The highest BCUT2D eigenvalue weighted by Gasteiger charge is 2.68. The Hall–Kier alpha value is -4.94. The number of carbonyl (C=O) groups excluding carboxylic acids is 2. The fourth-order valence-corrected chi connectivity index (χ4v) is 5.58. The SMILES string of the molecule is N=C(N)c1ccc(C2NC(COCc3ccccc3)(C(=O)O)C3C(=O)N(Cc4ccc([N+](=O)[O-])cc4)C(=O)C23)cc1. The fraction of sp³-hybridized carbons (Fsp3) is 0.241. The summed E-state index contributed by atoms with van der Waals surface area (Å²) in [6.45, 7) is -0.453. The van der Waals surface area contributed by atoms with Crippen LogP contribution in [0.2, 0.25) is 0 Å². The molecule has 210 valence electrons. The molecule has 5 rings (SSSR count). The average Bonchev–Trinajstić information content (AvgIpc) is 3.44. The predicted molar refractivity (Wildman–Crippen MR) is 145 cm³/mol. The van der Waals surface area contributed by atoms with Crippen LogP contribution in [0.15, 0.2) is 78.9 Å². The van der Waals surface area contributed by atoms with Crippen LogP contribution in [-0.4, -0.2) is 50.7 Å². The van der Waals surface area contributed by atoms with E-state index in [1.54, 1.807) is 24.3 Å². The van der Waals surface area contributed by atoms with Crippen molar-refractivity contribution in [3.05, 3.63) is 111 Å². The maximum absolute atomic E-state index is 13.8. The van der Waals surface area contributed by atoms with Crippen molar-refractivity contribution in [2.75, 3.05) is 6.61 Å². The van der Waals surface area contributed by atoms with Crippen molar-refractivity contribution in [2.24, 2.45) is 17.6 Å². The molecule has 2 saturated heterocycles. The molecule has 41 heavy (non-hydrogen) atoms. The molecule has 12 nitrogen and oxygen atoms in total. The van der Waals surface area contributed by atoms with Crippen LogP contribution in [0.4, 0.5) is 5.69 Å². The number of benzene rings is 3. The first-order valence-corrected chi connectivity index (χ1v) is 12.8. The smallest absolute Gasteiger partial charge is 0.327 e. The summed E-state index contributed by atoms with van der Waals surface area (Å²) in [5.41, 5.74) is 5.82. The summed E-state index contributed by atoms with van der Waals surface area (Å²) < 4.78 is 5.85. The van der Waals surface area contributed by atoms with Gasteiger partial charge in [0.1, 0.15) is 5.84 Å². The molecule has 3 aromatic rings. The number of imide groups is 1. The molecule has 0 bridgehead atoms. The Labute approximate surface area is 234 Å². The van der Waals surface area contributed by atoms with Gasteiger partial charge in [-0.05, 0) is 16.7 Å². The van der Waals surface area contributed by atoms with Crippen molar-refractivity contribution in [1.29, 1.82) is 5.41 Å². The number of carboxylic acids is 1. The van der Waals surface area contributed by atoms with E-state index in [1.807, 2.05) is 30.3 Å². The summed E-state index contributed by atoms with van der Waals surface area (Å²) in [6.07, 6.45) is 0. The van der Waals surface area contributed by atoms with Crippen molar-refractivity contribution < 1.29 is 29.2 Å². The van der Waals surface area contributed by atoms with Crippen LogP contribution < -0.4 is 11.1 Å².